The van der Waals surface area contributed by atoms with Crippen molar-refractivity contribution in [1.29, 1.82) is 0 Å². The highest BCUT2D eigenvalue weighted by Gasteiger charge is 2.11. The lowest BCUT2D eigenvalue weighted by Gasteiger charge is -2.07. The molecule has 0 amide bonds. The molecular formula is C10H8BrClF2O2. The molecule has 0 heterocycles. The summed E-state index contributed by atoms with van der Waals surface area (Å²) in [5.74, 6) is -0.293. The second kappa shape index (κ2) is 6.15. The summed E-state index contributed by atoms with van der Waals surface area (Å²) in [6.45, 7) is -2.93. The fourth-order valence-electron chi connectivity index (χ4n) is 1.12. The minimum atomic E-state index is -2.93. The van der Waals surface area contributed by atoms with Crippen LogP contribution in [0.2, 0.25) is 5.02 Å². The van der Waals surface area contributed by atoms with Crippen molar-refractivity contribution in [3.8, 4) is 5.75 Å². The maximum absolute atomic E-state index is 12.0. The van der Waals surface area contributed by atoms with Gasteiger partial charge in [0.15, 0.2) is 5.78 Å². The molecule has 88 valence electrons. The lowest BCUT2D eigenvalue weighted by Crippen LogP contribution is -2.04. The average molecular weight is 314 g/mol. The number of carbonyl (C=O) groups is 1. The highest BCUT2D eigenvalue weighted by Crippen LogP contribution is 2.23. The zero-order valence-corrected chi connectivity index (χ0v) is 10.4. The van der Waals surface area contributed by atoms with Crippen LogP contribution in [0, 0.1) is 0 Å². The van der Waals surface area contributed by atoms with Crippen LogP contribution < -0.4 is 4.74 Å². The Kier molecular flexibility index (Phi) is 5.15. The Morgan fingerprint density at radius 2 is 2.12 bits per heavy atom. The first kappa shape index (κ1) is 13.4. The number of ether oxygens (including phenoxy) is 1. The number of benzene rings is 1. The quantitative estimate of drug-likeness (QED) is 0.608. The van der Waals surface area contributed by atoms with E-state index in [0.717, 1.165) is 0 Å². The molecule has 0 saturated carbocycles. The molecule has 0 atom stereocenters. The molecule has 0 unspecified atom stereocenters. The lowest BCUT2D eigenvalue weighted by atomic mass is 10.1. The van der Waals surface area contributed by atoms with Crippen molar-refractivity contribution in [2.45, 2.75) is 13.0 Å². The molecule has 0 spiro atoms. The van der Waals surface area contributed by atoms with Crippen molar-refractivity contribution < 1.29 is 18.3 Å². The summed E-state index contributed by atoms with van der Waals surface area (Å²) < 4.78 is 28.1. The van der Waals surface area contributed by atoms with Crippen molar-refractivity contribution in [2.75, 3.05) is 5.33 Å². The Morgan fingerprint density at radius 1 is 1.44 bits per heavy atom. The van der Waals surface area contributed by atoms with E-state index in [1.165, 1.54) is 18.2 Å². The molecule has 0 radical (unpaired) electrons. The second-order valence-corrected chi connectivity index (χ2v) is 4.15. The Morgan fingerprint density at radius 3 is 2.69 bits per heavy atom. The van der Waals surface area contributed by atoms with Gasteiger partial charge < -0.3 is 4.74 Å². The van der Waals surface area contributed by atoms with E-state index >= 15 is 0 Å². The standard InChI is InChI=1S/C10H8BrClF2O2/c11-2-1-9(15)6-3-7(12)5-8(4-6)16-10(13)14/h3-5,10H,1-2H2. The fraction of sp³-hybridized carbons (Fsp3) is 0.300. The fourth-order valence-corrected chi connectivity index (χ4v) is 1.71. The number of halogens is 4. The van der Waals surface area contributed by atoms with E-state index in [-0.39, 0.29) is 28.5 Å². The molecule has 2 nitrogen and oxygen atoms in total. The SMILES string of the molecule is O=C(CCBr)c1cc(Cl)cc(OC(F)F)c1. The van der Waals surface area contributed by atoms with Crippen molar-refractivity contribution in [3.05, 3.63) is 28.8 Å². The first-order chi connectivity index (χ1) is 7.52. The molecule has 1 aromatic carbocycles. The molecule has 0 aliphatic heterocycles. The second-order valence-electron chi connectivity index (χ2n) is 2.92. The minimum Gasteiger partial charge on any atom is -0.435 e. The van der Waals surface area contributed by atoms with Crippen LogP contribution in [-0.4, -0.2) is 17.7 Å². The Labute approximate surface area is 105 Å². The first-order valence-electron chi connectivity index (χ1n) is 4.37. The summed E-state index contributed by atoms with van der Waals surface area (Å²) in [6.07, 6.45) is 0.272. The molecule has 0 aliphatic carbocycles. The summed E-state index contributed by atoms with van der Waals surface area (Å²) in [4.78, 5) is 11.5. The van der Waals surface area contributed by atoms with Gasteiger partial charge in [0.1, 0.15) is 5.75 Å². The Bertz CT molecular complexity index is 385. The summed E-state index contributed by atoms with van der Waals surface area (Å²) in [5.41, 5.74) is 0.266. The van der Waals surface area contributed by atoms with Gasteiger partial charge in [-0.15, -0.1) is 0 Å². The number of rotatable bonds is 5. The Balaban J connectivity index is 2.93. The normalized spacial score (nSPS) is 10.6. The molecule has 6 heteroatoms. The number of alkyl halides is 3. The number of hydrogen-bond acceptors (Lipinski definition) is 2. The van der Waals surface area contributed by atoms with Gasteiger partial charge in [0.05, 0.1) is 0 Å². The molecular weight excluding hydrogens is 305 g/mol. The van der Waals surface area contributed by atoms with Crippen molar-refractivity contribution in [3.63, 3.8) is 0 Å². The number of ketones is 1. The summed E-state index contributed by atoms with van der Waals surface area (Å²) >= 11 is 8.81. The van der Waals surface area contributed by atoms with E-state index in [9.17, 15) is 13.6 Å². The van der Waals surface area contributed by atoms with E-state index in [2.05, 4.69) is 20.7 Å². The number of carbonyl (C=O) groups excluding carboxylic acids is 1. The maximum Gasteiger partial charge on any atom is 0.387 e. The van der Waals surface area contributed by atoms with Crippen molar-refractivity contribution >= 4 is 33.3 Å². The Hall–Kier alpha value is -0.680. The lowest BCUT2D eigenvalue weighted by molar-refractivity contribution is -0.0498. The van der Waals surface area contributed by atoms with E-state index in [4.69, 9.17) is 11.6 Å². The highest BCUT2D eigenvalue weighted by atomic mass is 79.9. The van der Waals surface area contributed by atoms with Crippen LogP contribution in [0.25, 0.3) is 0 Å². The van der Waals surface area contributed by atoms with Gasteiger partial charge in [0.2, 0.25) is 0 Å². The largest absolute Gasteiger partial charge is 0.435 e. The van der Waals surface area contributed by atoms with Gasteiger partial charge in [-0.3, -0.25) is 4.79 Å². The summed E-state index contributed by atoms with van der Waals surface area (Å²) in [6, 6.07) is 3.91. The van der Waals surface area contributed by atoms with Crippen LogP contribution in [0.4, 0.5) is 8.78 Å². The molecule has 0 bridgehead atoms. The highest BCUT2D eigenvalue weighted by molar-refractivity contribution is 9.09. The molecule has 16 heavy (non-hydrogen) atoms. The molecule has 0 aromatic heterocycles. The minimum absolute atomic E-state index is 0.111. The van der Waals surface area contributed by atoms with Gasteiger partial charge in [0.25, 0.3) is 0 Å². The number of hydrogen-bond donors (Lipinski definition) is 0. The monoisotopic (exact) mass is 312 g/mol. The maximum atomic E-state index is 12.0. The van der Waals surface area contributed by atoms with Crippen molar-refractivity contribution in [2.24, 2.45) is 0 Å². The molecule has 1 rings (SSSR count). The van der Waals surface area contributed by atoms with Crippen molar-refractivity contribution in [1.82, 2.24) is 0 Å². The van der Waals surface area contributed by atoms with Crippen LogP contribution in [0.5, 0.6) is 5.75 Å². The third-order valence-corrected chi connectivity index (χ3v) is 2.35. The van der Waals surface area contributed by atoms with Crippen LogP contribution >= 0.6 is 27.5 Å². The van der Waals surface area contributed by atoms with Crippen LogP contribution in [0.15, 0.2) is 18.2 Å². The predicted octanol–water partition coefficient (Wildman–Crippen LogP) is 3.91. The van der Waals surface area contributed by atoms with E-state index in [0.29, 0.717) is 5.33 Å². The van der Waals surface area contributed by atoms with Gasteiger partial charge in [0, 0.05) is 22.3 Å². The smallest absolute Gasteiger partial charge is 0.387 e. The summed E-state index contributed by atoms with van der Waals surface area (Å²) in [7, 11) is 0. The van der Waals surface area contributed by atoms with Crippen LogP contribution in [-0.2, 0) is 0 Å². The zero-order valence-electron chi connectivity index (χ0n) is 8.05. The average Bonchev–Trinajstić information content (AvgIpc) is 2.15. The van der Waals surface area contributed by atoms with E-state index in [1.54, 1.807) is 0 Å². The van der Waals surface area contributed by atoms with Gasteiger partial charge in [-0.1, -0.05) is 27.5 Å². The van der Waals surface area contributed by atoms with Gasteiger partial charge in [-0.05, 0) is 18.2 Å². The van der Waals surface area contributed by atoms with E-state index in [1.807, 2.05) is 0 Å². The van der Waals surface area contributed by atoms with Gasteiger partial charge >= 0.3 is 6.61 Å². The zero-order chi connectivity index (χ0) is 12.1. The number of Topliss-reactive ketones (excluding diaryl/α,β-unsaturated/α-hetero) is 1. The molecule has 0 N–H and O–H groups in total. The molecule has 0 fully saturated rings. The predicted molar refractivity (Wildman–Crippen MR) is 60.8 cm³/mol. The third-order valence-electron chi connectivity index (χ3n) is 1.74. The third kappa shape index (κ3) is 4.06. The van der Waals surface area contributed by atoms with Crippen LogP contribution in [0.1, 0.15) is 16.8 Å². The van der Waals surface area contributed by atoms with Crippen LogP contribution in [0.3, 0.4) is 0 Å². The van der Waals surface area contributed by atoms with E-state index < -0.39 is 6.61 Å². The summed E-state index contributed by atoms with van der Waals surface area (Å²) in [5, 5.41) is 0.694. The topological polar surface area (TPSA) is 26.3 Å². The first-order valence-corrected chi connectivity index (χ1v) is 5.87. The molecule has 1 aromatic rings. The van der Waals surface area contributed by atoms with Gasteiger partial charge in [-0.25, -0.2) is 0 Å². The van der Waals surface area contributed by atoms with Gasteiger partial charge in [-0.2, -0.15) is 8.78 Å². The molecule has 0 aliphatic rings. The molecule has 0 saturated heterocycles.